The topological polar surface area (TPSA) is 52.7 Å². The Kier molecular flexibility index (Phi) is 7.63. The second-order valence-corrected chi connectivity index (χ2v) is 9.93. The van der Waals surface area contributed by atoms with Gasteiger partial charge in [-0.05, 0) is 58.3 Å². The fraction of sp³-hybridized carbons (Fsp3) is 0.200. The highest BCUT2D eigenvalue weighted by Gasteiger charge is 2.23. The van der Waals surface area contributed by atoms with E-state index >= 15 is 0 Å². The lowest BCUT2D eigenvalue weighted by Gasteiger charge is -2.36. The van der Waals surface area contributed by atoms with E-state index in [0.717, 1.165) is 22.0 Å². The van der Waals surface area contributed by atoms with Crippen molar-refractivity contribution < 1.29 is 9.59 Å². The van der Waals surface area contributed by atoms with Gasteiger partial charge in [-0.1, -0.05) is 71.7 Å². The first-order chi connectivity index (χ1) is 18.0. The van der Waals surface area contributed by atoms with Gasteiger partial charge in [0.15, 0.2) is 0 Å². The number of carbonyl (C=O) groups excluding carboxylic acids is 2. The second kappa shape index (κ2) is 11.2. The lowest BCUT2D eigenvalue weighted by molar-refractivity contribution is -0.130. The molecule has 1 N–H and O–H groups in total. The third-order valence-corrected chi connectivity index (χ3v) is 7.54. The van der Waals surface area contributed by atoms with Gasteiger partial charge in [-0.25, -0.2) is 0 Å². The van der Waals surface area contributed by atoms with Crippen LogP contribution in [-0.4, -0.2) is 42.9 Å². The van der Waals surface area contributed by atoms with Crippen molar-refractivity contribution in [1.29, 1.82) is 0 Å². The van der Waals surface area contributed by atoms with Crippen LogP contribution in [0.5, 0.6) is 0 Å². The van der Waals surface area contributed by atoms with Crippen molar-refractivity contribution in [2.75, 3.05) is 31.1 Å². The SMILES string of the molecule is O=C(NCc1cccc2ccccc12)c1ccc(N2CCN(C(=O)Cc3c(Cl)cccc3Cl)CC2)cc1. The van der Waals surface area contributed by atoms with Crippen molar-refractivity contribution in [2.24, 2.45) is 0 Å². The number of rotatable bonds is 6. The molecule has 0 aliphatic carbocycles. The summed E-state index contributed by atoms with van der Waals surface area (Å²) in [6.45, 7) is 3.14. The van der Waals surface area contributed by atoms with Gasteiger partial charge in [-0.3, -0.25) is 9.59 Å². The lowest BCUT2D eigenvalue weighted by Crippen LogP contribution is -2.49. The number of piperazine rings is 1. The van der Waals surface area contributed by atoms with Crippen LogP contribution in [0.25, 0.3) is 10.8 Å². The Balaban J connectivity index is 1.15. The average Bonchev–Trinajstić information content (AvgIpc) is 2.94. The van der Waals surface area contributed by atoms with Crippen LogP contribution in [0.1, 0.15) is 21.5 Å². The van der Waals surface area contributed by atoms with E-state index in [0.29, 0.717) is 53.9 Å². The Morgan fingerprint density at radius 2 is 1.41 bits per heavy atom. The second-order valence-electron chi connectivity index (χ2n) is 9.11. The number of benzene rings is 4. The number of nitrogens with one attached hydrogen (secondary N) is 1. The minimum absolute atomic E-state index is 0.0212. The van der Waals surface area contributed by atoms with Crippen molar-refractivity contribution in [3.05, 3.63) is 112 Å². The number of anilines is 1. The molecule has 7 heteroatoms. The van der Waals surface area contributed by atoms with Gasteiger partial charge in [0, 0.05) is 54.0 Å². The van der Waals surface area contributed by atoms with Crippen LogP contribution >= 0.6 is 23.2 Å². The molecule has 0 atom stereocenters. The first-order valence-electron chi connectivity index (χ1n) is 12.3. The molecular formula is C30H27Cl2N3O2. The molecule has 188 valence electrons. The number of amides is 2. The number of nitrogens with zero attached hydrogens (tertiary/aromatic N) is 2. The van der Waals surface area contributed by atoms with Crippen molar-refractivity contribution >= 4 is 51.5 Å². The molecule has 1 saturated heterocycles. The maximum absolute atomic E-state index is 12.8. The molecule has 5 nitrogen and oxygen atoms in total. The zero-order chi connectivity index (χ0) is 25.8. The number of fused-ring (bicyclic) bond motifs is 1. The van der Waals surface area contributed by atoms with E-state index in [2.05, 4.69) is 28.4 Å². The third-order valence-electron chi connectivity index (χ3n) is 6.84. The summed E-state index contributed by atoms with van der Waals surface area (Å²) < 4.78 is 0. The van der Waals surface area contributed by atoms with E-state index in [9.17, 15) is 9.59 Å². The summed E-state index contributed by atoms with van der Waals surface area (Å²) in [6, 6.07) is 27.2. The van der Waals surface area contributed by atoms with Crippen LogP contribution in [0.15, 0.2) is 84.9 Å². The molecule has 5 rings (SSSR count). The van der Waals surface area contributed by atoms with Crippen LogP contribution in [0, 0.1) is 0 Å². The van der Waals surface area contributed by atoms with Gasteiger partial charge in [-0.15, -0.1) is 0 Å². The molecular weight excluding hydrogens is 505 g/mol. The summed E-state index contributed by atoms with van der Waals surface area (Å²) in [5.74, 6) is -0.0824. The number of hydrogen-bond donors (Lipinski definition) is 1. The normalized spacial score (nSPS) is 13.6. The highest BCUT2D eigenvalue weighted by atomic mass is 35.5. The summed E-state index contributed by atoms with van der Waals surface area (Å²) in [6.07, 6.45) is 0.196. The monoisotopic (exact) mass is 531 g/mol. The van der Waals surface area contributed by atoms with Gasteiger partial charge in [0.25, 0.3) is 5.91 Å². The van der Waals surface area contributed by atoms with Gasteiger partial charge >= 0.3 is 0 Å². The van der Waals surface area contributed by atoms with Gasteiger partial charge < -0.3 is 15.1 Å². The molecule has 0 spiro atoms. The molecule has 1 aliphatic heterocycles. The Morgan fingerprint density at radius 3 is 2.14 bits per heavy atom. The first-order valence-corrected chi connectivity index (χ1v) is 13.1. The van der Waals surface area contributed by atoms with E-state index in [-0.39, 0.29) is 18.2 Å². The quantitative estimate of drug-likeness (QED) is 0.333. The smallest absolute Gasteiger partial charge is 0.251 e. The van der Waals surface area contributed by atoms with E-state index in [1.165, 1.54) is 0 Å². The maximum atomic E-state index is 12.8. The van der Waals surface area contributed by atoms with E-state index in [4.69, 9.17) is 23.2 Å². The molecule has 1 heterocycles. The van der Waals surface area contributed by atoms with Gasteiger partial charge in [0.05, 0.1) is 6.42 Å². The molecule has 1 aliphatic rings. The number of carbonyl (C=O) groups is 2. The van der Waals surface area contributed by atoms with Crippen molar-refractivity contribution in [2.45, 2.75) is 13.0 Å². The minimum atomic E-state index is -0.104. The molecule has 4 aromatic carbocycles. The molecule has 4 aromatic rings. The predicted molar refractivity (Wildman–Crippen MR) is 151 cm³/mol. The standard InChI is InChI=1S/C30H27Cl2N3O2/c31-27-9-4-10-28(32)26(27)19-29(36)35-17-15-34(16-18-35)24-13-11-22(12-14-24)30(37)33-20-23-7-3-6-21-5-1-2-8-25(21)23/h1-14H,15-20H2,(H,33,37). The highest BCUT2D eigenvalue weighted by Crippen LogP contribution is 2.26. The molecule has 0 unspecified atom stereocenters. The zero-order valence-corrected chi connectivity index (χ0v) is 21.8. The molecule has 0 saturated carbocycles. The van der Waals surface area contributed by atoms with E-state index in [1.807, 2.05) is 53.4 Å². The Labute approximate surface area is 226 Å². The molecule has 0 radical (unpaired) electrons. The number of halogens is 2. The molecule has 0 bridgehead atoms. The van der Waals surface area contributed by atoms with Crippen LogP contribution in [-0.2, 0) is 17.8 Å². The molecule has 37 heavy (non-hydrogen) atoms. The van der Waals surface area contributed by atoms with E-state index < -0.39 is 0 Å². The van der Waals surface area contributed by atoms with E-state index in [1.54, 1.807) is 18.2 Å². The molecule has 2 amide bonds. The lowest BCUT2D eigenvalue weighted by atomic mass is 10.0. The fourth-order valence-corrected chi connectivity index (χ4v) is 5.26. The third kappa shape index (κ3) is 5.74. The van der Waals surface area contributed by atoms with Crippen molar-refractivity contribution in [1.82, 2.24) is 10.2 Å². The summed E-state index contributed by atoms with van der Waals surface area (Å²) in [4.78, 5) is 29.7. The van der Waals surface area contributed by atoms with Crippen LogP contribution in [0.4, 0.5) is 5.69 Å². The Morgan fingerprint density at radius 1 is 0.757 bits per heavy atom. The van der Waals surface area contributed by atoms with Gasteiger partial charge in [0.2, 0.25) is 5.91 Å². The van der Waals surface area contributed by atoms with Crippen LogP contribution < -0.4 is 10.2 Å². The van der Waals surface area contributed by atoms with Crippen molar-refractivity contribution in [3.63, 3.8) is 0 Å². The van der Waals surface area contributed by atoms with Crippen molar-refractivity contribution in [3.8, 4) is 0 Å². The fourth-order valence-electron chi connectivity index (χ4n) is 4.73. The zero-order valence-electron chi connectivity index (χ0n) is 20.3. The predicted octanol–water partition coefficient (Wildman–Crippen LogP) is 5.97. The summed E-state index contributed by atoms with van der Waals surface area (Å²) in [5, 5.41) is 6.37. The number of hydrogen-bond acceptors (Lipinski definition) is 3. The first kappa shape index (κ1) is 25.1. The molecule has 0 aromatic heterocycles. The molecule has 1 fully saturated rings. The largest absolute Gasteiger partial charge is 0.368 e. The van der Waals surface area contributed by atoms with Crippen LogP contribution in [0.3, 0.4) is 0 Å². The summed E-state index contributed by atoms with van der Waals surface area (Å²) in [5.41, 5.74) is 3.42. The van der Waals surface area contributed by atoms with Gasteiger partial charge in [0.1, 0.15) is 0 Å². The Bertz CT molecular complexity index is 1410. The maximum Gasteiger partial charge on any atom is 0.251 e. The summed E-state index contributed by atoms with van der Waals surface area (Å²) >= 11 is 12.5. The van der Waals surface area contributed by atoms with Gasteiger partial charge in [-0.2, -0.15) is 0 Å². The average molecular weight is 532 g/mol. The van der Waals surface area contributed by atoms with Crippen LogP contribution in [0.2, 0.25) is 10.0 Å². The Hall–Kier alpha value is -3.54. The minimum Gasteiger partial charge on any atom is -0.368 e. The summed E-state index contributed by atoms with van der Waals surface area (Å²) in [7, 11) is 0. The highest BCUT2D eigenvalue weighted by molar-refractivity contribution is 6.36.